The molecule has 39 heavy (non-hydrogen) atoms. The van der Waals surface area contributed by atoms with Crippen molar-refractivity contribution < 1.29 is 0 Å². The van der Waals surface area contributed by atoms with E-state index >= 15 is 0 Å². The van der Waals surface area contributed by atoms with Crippen molar-refractivity contribution in [2.45, 2.75) is 32.2 Å². The van der Waals surface area contributed by atoms with Crippen LogP contribution in [-0.2, 0) is 19.3 Å². The smallest absolute Gasteiger partial charge is 0.0991 e. The second-order valence-corrected chi connectivity index (χ2v) is 10.6. The molecule has 2 aliphatic rings. The molecule has 0 saturated heterocycles. The Labute approximate surface area is 229 Å². The van der Waals surface area contributed by atoms with Gasteiger partial charge in [0.25, 0.3) is 0 Å². The van der Waals surface area contributed by atoms with E-state index in [1.165, 1.54) is 50.3 Å². The molecule has 2 aliphatic heterocycles. The molecule has 1 unspecified atom stereocenters. The Hall–Kier alpha value is -4.81. The standard InChI is InChI=1S/C36H29N3/c1-2-24-5-3-4-6-32(24)33-21-28(11-14-34(33)38)27-13-16-36-30(18-27)20-31-19-29-17-26(12-15-35(29)39(31)36)25-9-7-23(22-37)8-10-25/h3-18,21,31H,2,19-20,38H2,1H3. The number of nitrogens with two attached hydrogens (primary N) is 1. The molecule has 0 amide bonds. The molecule has 2 heterocycles. The molecule has 5 aromatic carbocycles. The first-order valence-electron chi connectivity index (χ1n) is 13.7. The monoisotopic (exact) mass is 503 g/mol. The number of nitrogens with zero attached hydrogens (tertiary/aromatic N) is 2. The number of hydrogen-bond acceptors (Lipinski definition) is 3. The van der Waals surface area contributed by atoms with Gasteiger partial charge in [-0.3, -0.25) is 0 Å². The summed E-state index contributed by atoms with van der Waals surface area (Å²) in [7, 11) is 0. The van der Waals surface area contributed by atoms with Crippen molar-refractivity contribution in [2.75, 3.05) is 10.6 Å². The maximum atomic E-state index is 9.11. The maximum absolute atomic E-state index is 9.11. The molecule has 2 N–H and O–H groups in total. The Morgan fingerprint density at radius 3 is 1.97 bits per heavy atom. The van der Waals surface area contributed by atoms with Crippen LogP contribution in [0.2, 0.25) is 0 Å². The fraction of sp³-hybridized carbons (Fsp3) is 0.139. The molecule has 0 fully saturated rings. The number of benzene rings is 5. The highest BCUT2D eigenvalue weighted by molar-refractivity contribution is 5.86. The minimum atomic E-state index is 0.458. The van der Waals surface area contributed by atoms with Crippen LogP contribution >= 0.6 is 0 Å². The highest BCUT2D eigenvalue weighted by Gasteiger charge is 2.37. The van der Waals surface area contributed by atoms with Gasteiger partial charge in [-0.15, -0.1) is 0 Å². The van der Waals surface area contributed by atoms with Crippen LogP contribution in [0.3, 0.4) is 0 Å². The number of rotatable bonds is 4. The van der Waals surface area contributed by atoms with Crippen LogP contribution in [0.5, 0.6) is 0 Å². The summed E-state index contributed by atoms with van der Waals surface area (Å²) in [5, 5.41) is 9.11. The average Bonchev–Trinajstić information content (AvgIpc) is 3.52. The van der Waals surface area contributed by atoms with Crippen molar-refractivity contribution in [3.63, 3.8) is 0 Å². The highest BCUT2D eigenvalue weighted by Crippen LogP contribution is 2.48. The molecule has 1 atom stereocenters. The summed E-state index contributed by atoms with van der Waals surface area (Å²) in [6, 6.07) is 39.2. The predicted octanol–water partition coefficient (Wildman–Crippen LogP) is 8.32. The van der Waals surface area contributed by atoms with Gasteiger partial charge in [0.05, 0.1) is 11.6 Å². The lowest BCUT2D eigenvalue weighted by molar-refractivity contribution is 0.725. The Morgan fingerprint density at radius 2 is 1.31 bits per heavy atom. The molecule has 0 aliphatic carbocycles. The predicted molar refractivity (Wildman–Crippen MR) is 161 cm³/mol. The Balaban J connectivity index is 1.21. The number of aryl methyl sites for hydroxylation is 1. The van der Waals surface area contributed by atoms with Crippen LogP contribution in [0, 0.1) is 11.3 Å². The van der Waals surface area contributed by atoms with Crippen molar-refractivity contribution in [1.82, 2.24) is 0 Å². The number of nitrogen functional groups attached to an aromatic ring is 1. The average molecular weight is 504 g/mol. The third kappa shape index (κ3) is 3.88. The van der Waals surface area contributed by atoms with Crippen LogP contribution in [0.1, 0.15) is 29.2 Å². The van der Waals surface area contributed by atoms with Crippen molar-refractivity contribution >= 4 is 17.1 Å². The molecule has 0 radical (unpaired) electrons. The van der Waals surface area contributed by atoms with Crippen molar-refractivity contribution in [3.05, 3.63) is 125 Å². The van der Waals surface area contributed by atoms with Crippen molar-refractivity contribution in [3.8, 4) is 39.4 Å². The van der Waals surface area contributed by atoms with Gasteiger partial charge in [0, 0.05) is 28.7 Å². The molecule has 0 saturated carbocycles. The zero-order valence-electron chi connectivity index (χ0n) is 22.0. The lowest BCUT2D eigenvalue weighted by Gasteiger charge is -2.21. The van der Waals surface area contributed by atoms with E-state index in [4.69, 9.17) is 11.0 Å². The first-order chi connectivity index (χ1) is 19.1. The maximum Gasteiger partial charge on any atom is 0.0991 e. The van der Waals surface area contributed by atoms with Gasteiger partial charge >= 0.3 is 0 Å². The van der Waals surface area contributed by atoms with Gasteiger partial charge in [-0.1, -0.05) is 61.5 Å². The van der Waals surface area contributed by atoms with Crippen LogP contribution in [-0.4, -0.2) is 6.04 Å². The molecule has 188 valence electrons. The summed E-state index contributed by atoms with van der Waals surface area (Å²) < 4.78 is 0. The van der Waals surface area contributed by atoms with Crippen LogP contribution in [0.4, 0.5) is 17.1 Å². The van der Waals surface area contributed by atoms with Crippen molar-refractivity contribution in [2.24, 2.45) is 0 Å². The summed E-state index contributed by atoms with van der Waals surface area (Å²) in [6.07, 6.45) is 3.07. The number of nitriles is 1. The summed E-state index contributed by atoms with van der Waals surface area (Å²) >= 11 is 0. The third-order valence-corrected chi connectivity index (χ3v) is 8.38. The minimum Gasteiger partial charge on any atom is -0.398 e. The molecular formula is C36H29N3. The molecule has 5 aromatic rings. The second-order valence-electron chi connectivity index (χ2n) is 10.6. The van der Waals surface area contributed by atoms with E-state index in [-0.39, 0.29) is 0 Å². The summed E-state index contributed by atoms with van der Waals surface area (Å²) in [6.45, 7) is 2.19. The van der Waals surface area contributed by atoms with Gasteiger partial charge in [0.1, 0.15) is 0 Å². The zero-order chi connectivity index (χ0) is 26.5. The third-order valence-electron chi connectivity index (χ3n) is 8.38. The van der Waals surface area contributed by atoms with Gasteiger partial charge in [-0.25, -0.2) is 0 Å². The number of anilines is 3. The molecule has 0 bridgehead atoms. The first-order valence-corrected chi connectivity index (χ1v) is 13.7. The summed E-state index contributed by atoms with van der Waals surface area (Å²) in [5.74, 6) is 0. The molecule has 0 spiro atoms. The zero-order valence-corrected chi connectivity index (χ0v) is 22.0. The van der Waals surface area contributed by atoms with Gasteiger partial charge in [-0.05, 0) is 112 Å². The largest absolute Gasteiger partial charge is 0.398 e. The van der Waals surface area contributed by atoms with E-state index in [1.807, 2.05) is 30.3 Å². The molecule has 3 nitrogen and oxygen atoms in total. The lowest BCUT2D eigenvalue weighted by Crippen LogP contribution is -2.22. The first kappa shape index (κ1) is 23.3. The molecule has 7 rings (SSSR count). The van der Waals surface area contributed by atoms with Crippen LogP contribution < -0.4 is 10.6 Å². The second kappa shape index (κ2) is 9.19. The Morgan fingerprint density at radius 1 is 0.718 bits per heavy atom. The van der Waals surface area contributed by atoms with Crippen molar-refractivity contribution in [1.29, 1.82) is 5.26 Å². The SMILES string of the molecule is CCc1ccccc1-c1cc(-c2ccc3c(c2)CC2Cc4cc(-c5ccc(C#N)cc5)ccc4N32)ccc1N. The summed E-state index contributed by atoms with van der Waals surface area (Å²) in [4.78, 5) is 2.53. The van der Waals surface area contributed by atoms with Crippen LogP contribution in [0.25, 0.3) is 33.4 Å². The molecular weight excluding hydrogens is 474 g/mol. The van der Waals surface area contributed by atoms with E-state index in [1.54, 1.807) is 0 Å². The van der Waals surface area contributed by atoms with Crippen LogP contribution in [0.15, 0.2) is 103 Å². The summed E-state index contributed by atoms with van der Waals surface area (Å²) in [5.41, 5.74) is 21.9. The van der Waals surface area contributed by atoms with E-state index in [0.29, 0.717) is 11.6 Å². The Bertz CT molecular complexity index is 1780. The number of fused-ring (bicyclic) bond motifs is 5. The van der Waals surface area contributed by atoms with Gasteiger partial charge in [-0.2, -0.15) is 5.26 Å². The normalized spacial score (nSPS) is 15.0. The highest BCUT2D eigenvalue weighted by atomic mass is 15.2. The van der Waals surface area contributed by atoms with E-state index in [9.17, 15) is 0 Å². The molecule has 3 heteroatoms. The van der Waals surface area contributed by atoms with Gasteiger partial charge in [0.15, 0.2) is 0 Å². The fourth-order valence-electron chi connectivity index (χ4n) is 6.41. The van der Waals surface area contributed by atoms with E-state index < -0.39 is 0 Å². The van der Waals surface area contributed by atoms with Gasteiger partial charge < -0.3 is 10.6 Å². The number of hydrogen-bond donors (Lipinski definition) is 1. The quantitative estimate of drug-likeness (QED) is 0.251. The van der Waals surface area contributed by atoms with E-state index in [2.05, 4.69) is 90.7 Å². The Kier molecular flexibility index (Phi) is 5.49. The lowest BCUT2D eigenvalue weighted by atomic mass is 9.92. The van der Waals surface area contributed by atoms with Gasteiger partial charge in [0.2, 0.25) is 0 Å². The fourth-order valence-corrected chi connectivity index (χ4v) is 6.41. The topological polar surface area (TPSA) is 53.0 Å². The molecule has 0 aromatic heterocycles. The van der Waals surface area contributed by atoms with E-state index in [0.717, 1.165) is 36.1 Å². The minimum absolute atomic E-state index is 0.458.